The molecule has 10 heteroatoms. The molecule has 168 valence electrons. The van der Waals surface area contributed by atoms with Crippen molar-refractivity contribution in [1.29, 1.82) is 0 Å². The summed E-state index contributed by atoms with van der Waals surface area (Å²) in [6.45, 7) is 0. The Hall–Kier alpha value is -1.82. The van der Waals surface area contributed by atoms with E-state index in [0.717, 1.165) is 0 Å². The van der Waals surface area contributed by atoms with Crippen LogP contribution in [0.15, 0.2) is 94.3 Å². The van der Waals surface area contributed by atoms with Gasteiger partial charge in [0.25, 0.3) is 0 Å². The minimum atomic E-state index is -3.92. The summed E-state index contributed by atoms with van der Waals surface area (Å²) in [6.07, 6.45) is 5.60. The SMILES string of the molecule is CS(=O)(=O)[O-].CS(=O)(=O)[O-].C[s+]1cccccccc1.C[s+]1cccccccc1. The molecule has 0 spiro atoms. The van der Waals surface area contributed by atoms with E-state index < -0.39 is 20.2 Å². The van der Waals surface area contributed by atoms with E-state index in [1.807, 2.05) is 48.5 Å². The highest BCUT2D eigenvalue weighted by molar-refractivity contribution is 7.85. The van der Waals surface area contributed by atoms with Gasteiger partial charge in [-0.3, -0.25) is 0 Å². The molecule has 0 aromatic carbocycles. The first-order chi connectivity index (χ1) is 13.8. The van der Waals surface area contributed by atoms with Gasteiger partial charge in [-0.15, -0.1) is 0 Å². The van der Waals surface area contributed by atoms with Gasteiger partial charge in [0, 0.05) is 12.5 Å². The highest BCUT2D eigenvalue weighted by Gasteiger charge is 1.80. The first kappa shape index (κ1) is 30.4. The third kappa shape index (κ3) is 40.8. The molecule has 2 aromatic heterocycles. The molecule has 0 aliphatic rings. The lowest BCUT2D eigenvalue weighted by Crippen LogP contribution is -1.88. The van der Waals surface area contributed by atoms with E-state index in [4.69, 9.17) is 25.9 Å². The Morgan fingerprint density at radius 2 is 0.600 bits per heavy atom. The molecule has 0 saturated heterocycles. The maximum absolute atomic E-state index is 9.08. The van der Waals surface area contributed by atoms with Crippen molar-refractivity contribution in [2.75, 3.05) is 12.5 Å². The summed E-state index contributed by atoms with van der Waals surface area (Å²) in [5, 5.41) is 8.78. The predicted molar refractivity (Wildman–Crippen MR) is 126 cm³/mol. The fourth-order valence-corrected chi connectivity index (χ4v) is 2.82. The Kier molecular flexibility index (Phi) is 18.2. The summed E-state index contributed by atoms with van der Waals surface area (Å²) in [6, 6.07) is 24.7. The molecule has 2 rings (SSSR count). The lowest BCUT2D eigenvalue weighted by molar-refractivity contribution is 0.468. The Labute approximate surface area is 186 Å². The molecule has 0 atom stereocenters. The number of rotatable bonds is 0. The van der Waals surface area contributed by atoms with Crippen molar-refractivity contribution in [3.63, 3.8) is 0 Å². The summed E-state index contributed by atoms with van der Waals surface area (Å²) in [5.41, 5.74) is 0. The molecule has 0 N–H and O–H groups in total. The minimum Gasteiger partial charge on any atom is -0.748 e. The maximum atomic E-state index is 9.08. The van der Waals surface area contributed by atoms with E-state index in [1.54, 1.807) is 0 Å². The van der Waals surface area contributed by atoms with Gasteiger partial charge in [-0.05, 0) is 45.2 Å². The fourth-order valence-electron chi connectivity index (χ4n) is 1.28. The van der Waals surface area contributed by atoms with Crippen molar-refractivity contribution >= 4 is 41.2 Å². The highest BCUT2D eigenvalue weighted by Crippen LogP contribution is 2.05. The lowest BCUT2D eigenvalue weighted by atomic mass is 10.5. The van der Waals surface area contributed by atoms with Gasteiger partial charge in [0.2, 0.25) is 0 Å². The molecular weight excluding hydrogens is 464 g/mol. The van der Waals surface area contributed by atoms with Gasteiger partial charge in [-0.1, -0.05) is 48.5 Å². The van der Waals surface area contributed by atoms with E-state index in [-0.39, 0.29) is 0 Å². The average Bonchev–Trinajstić information content (AvgIpc) is 2.76. The van der Waals surface area contributed by atoms with Crippen LogP contribution in [-0.4, -0.2) is 38.5 Å². The number of hydrogen-bond donors (Lipinski definition) is 0. The van der Waals surface area contributed by atoms with Gasteiger partial charge in [0.1, 0.15) is 34.0 Å². The van der Waals surface area contributed by atoms with Crippen molar-refractivity contribution in [1.82, 2.24) is 0 Å². The molecule has 0 aliphatic heterocycles. The van der Waals surface area contributed by atoms with Gasteiger partial charge in [-0.25, -0.2) is 16.8 Å². The molecule has 0 unspecified atom stereocenters. The van der Waals surface area contributed by atoms with Crippen molar-refractivity contribution in [3.05, 3.63) is 94.3 Å². The van der Waals surface area contributed by atoms with E-state index in [2.05, 4.69) is 58.3 Å². The minimum absolute atomic E-state index is 0.307. The Morgan fingerprint density at radius 1 is 0.467 bits per heavy atom. The molecule has 0 amide bonds. The quantitative estimate of drug-likeness (QED) is 0.394. The van der Waals surface area contributed by atoms with Crippen LogP contribution in [0.4, 0.5) is 0 Å². The zero-order valence-corrected chi connectivity index (χ0v) is 20.6. The van der Waals surface area contributed by atoms with Crippen molar-refractivity contribution < 1.29 is 25.9 Å². The molecule has 2 aromatic rings. The zero-order valence-electron chi connectivity index (χ0n) is 17.3. The van der Waals surface area contributed by atoms with Gasteiger partial charge >= 0.3 is 0 Å². The van der Waals surface area contributed by atoms with E-state index in [9.17, 15) is 0 Å². The van der Waals surface area contributed by atoms with Crippen LogP contribution in [0.1, 0.15) is 0 Å². The summed E-state index contributed by atoms with van der Waals surface area (Å²) in [7, 11) is -7.22. The van der Waals surface area contributed by atoms with Crippen LogP contribution >= 0.6 is 20.9 Å². The predicted octanol–water partition coefficient (Wildman–Crippen LogP) is 4.52. The lowest BCUT2D eigenvalue weighted by Gasteiger charge is -1.90. The summed E-state index contributed by atoms with van der Waals surface area (Å²) in [4.78, 5) is 0. The van der Waals surface area contributed by atoms with Crippen LogP contribution in [0.25, 0.3) is 0 Å². The molecule has 6 nitrogen and oxygen atoms in total. The molecular formula is C20H28O6S4. The standard InChI is InChI=1S/2C9H11S.2CH4O3S/c2*1-10-8-6-4-2-3-5-7-9-10;2*1-5(2,3)4/h2*2-9H,1H3;2*1H3,(H,2,3,4)/q2*+1;;/p-2. The number of hydrogen-bond acceptors (Lipinski definition) is 6. The van der Waals surface area contributed by atoms with E-state index >= 15 is 0 Å². The second-order valence-corrected chi connectivity index (χ2v) is 11.8. The molecule has 0 bridgehead atoms. The zero-order chi connectivity index (χ0) is 23.5. The second kappa shape index (κ2) is 18.0. The molecule has 0 aliphatic carbocycles. The van der Waals surface area contributed by atoms with Crippen LogP contribution in [0.5, 0.6) is 0 Å². The van der Waals surface area contributed by atoms with E-state index in [1.165, 1.54) is 0 Å². The first-order valence-corrected chi connectivity index (χ1v) is 15.4. The van der Waals surface area contributed by atoms with Gasteiger partial charge in [0.15, 0.2) is 0 Å². The van der Waals surface area contributed by atoms with Crippen molar-refractivity contribution in [2.45, 2.75) is 0 Å². The molecule has 0 saturated carbocycles. The largest absolute Gasteiger partial charge is 0.748 e. The van der Waals surface area contributed by atoms with Gasteiger partial charge in [-0.2, -0.15) is 0 Å². The topological polar surface area (TPSA) is 114 Å². The Bertz CT molecular complexity index is 859. The Morgan fingerprint density at radius 3 is 0.767 bits per heavy atom. The fraction of sp³-hybridized carbons (Fsp3) is 0.200. The highest BCUT2D eigenvalue weighted by atomic mass is 32.2. The van der Waals surface area contributed by atoms with Crippen LogP contribution in [0.2, 0.25) is 0 Å². The van der Waals surface area contributed by atoms with Gasteiger partial charge < -0.3 is 9.11 Å². The van der Waals surface area contributed by atoms with E-state index in [0.29, 0.717) is 33.5 Å². The molecule has 30 heavy (non-hydrogen) atoms. The Balaban J connectivity index is 0. The summed E-state index contributed by atoms with van der Waals surface area (Å²) >= 11 is 0. The van der Waals surface area contributed by atoms with Crippen LogP contribution in [-0.2, 0) is 32.7 Å². The van der Waals surface area contributed by atoms with Gasteiger partial charge in [0.05, 0.1) is 20.2 Å². The maximum Gasteiger partial charge on any atom is 0.137 e. The smallest absolute Gasteiger partial charge is 0.137 e. The number of aryl methyl sites for hydroxylation is 2. The second-order valence-electron chi connectivity index (χ2n) is 5.48. The van der Waals surface area contributed by atoms with Crippen molar-refractivity contribution in [3.8, 4) is 0 Å². The summed E-state index contributed by atoms with van der Waals surface area (Å²) < 4.78 is 54.5. The molecule has 0 radical (unpaired) electrons. The monoisotopic (exact) mass is 492 g/mol. The molecule has 2 heterocycles. The average molecular weight is 493 g/mol. The first-order valence-electron chi connectivity index (χ1n) is 8.24. The van der Waals surface area contributed by atoms with Crippen LogP contribution in [0, 0.1) is 0 Å². The van der Waals surface area contributed by atoms with Crippen LogP contribution < -0.4 is 0 Å². The third-order valence-electron chi connectivity index (χ3n) is 2.28. The normalized spacial score (nSPS) is 9.53. The third-order valence-corrected chi connectivity index (χ3v) is 4.63. The van der Waals surface area contributed by atoms with Crippen LogP contribution in [0.3, 0.4) is 0 Å². The molecule has 0 fully saturated rings. The summed E-state index contributed by atoms with van der Waals surface area (Å²) in [5.74, 6) is 0. The van der Waals surface area contributed by atoms with Crippen molar-refractivity contribution in [2.24, 2.45) is 12.5 Å².